The lowest BCUT2D eigenvalue weighted by atomic mass is 9.94. The molecule has 1 aliphatic carbocycles. The number of amides is 2. The van der Waals surface area contributed by atoms with Crippen molar-refractivity contribution in [2.75, 3.05) is 13.1 Å². The highest BCUT2D eigenvalue weighted by molar-refractivity contribution is 5.81. The van der Waals surface area contributed by atoms with Gasteiger partial charge in [0.15, 0.2) is 5.82 Å². The number of piperidine rings is 1. The molecule has 1 aliphatic heterocycles. The van der Waals surface area contributed by atoms with Crippen molar-refractivity contribution in [1.82, 2.24) is 25.0 Å². The van der Waals surface area contributed by atoms with Crippen molar-refractivity contribution in [3.05, 3.63) is 12.2 Å². The Morgan fingerprint density at radius 1 is 1.17 bits per heavy atom. The van der Waals surface area contributed by atoms with E-state index in [1.54, 1.807) is 6.33 Å². The van der Waals surface area contributed by atoms with E-state index in [1.807, 2.05) is 23.4 Å². The van der Waals surface area contributed by atoms with Crippen LogP contribution >= 0.6 is 0 Å². The number of likely N-dealkylation sites (tertiary alicyclic amines) is 1. The molecule has 1 saturated heterocycles. The van der Waals surface area contributed by atoms with Gasteiger partial charge >= 0.3 is 0 Å². The number of nitrogens with zero attached hydrogens (tertiary/aromatic N) is 4. The highest BCUT2D eigenvalue weighted by Gasteiger charge is 2.32. The van der Waals surface area contributed by atoms with E-state index in [0.717, 1.165) is 31.5 Å². The first-order valence-corrected chi connectivity index (χ1v) is 8.99. The first-order chi connectivity index (χ1) is 11.6. The Morgan fingerprint density at radius 3 is 2.42 bits per heavy atom. The molecule has 2 amide bonds. The van der Waals surface area contributed by atoms with E-state index in [2.05, 4.69) is 15.5 Å². The van der Waals surface area contributed by atoms with Crippen molar-refractivity contribution >= 4 is 11.8 Å². The van der Waals surface area contributed by atoms with Crippen LogP contribution in [0.4, 0.5) is 0 Å². The number of aromatic nitrogens is 3. The number of aryl methyl sites for hydroxylation is 1. The van der Waals surface area contributed by atoms with Crippen molar-refractivity contribution in [3.8, 4) is 0 Å². The Morgan fingerprint density at radius 2 is 1.83 bits per heavy atom. The maximum Gasteiger partial charge on any atom is 0.225 e. The van der Waals surface area contributed by atoms with Crippen LogP contribution in [0.1, 0.15) is 57.3 Å². The zero-order chi connectivity index (χ0) is 17.1. The van der Waals surface area contributed by atoms with Crippen LogP contribution in [0.5, 0.6) is 0 Å². The molecule has 0 spiro atoms. The Hall–Kier alpha value is -1.92. The van der Waals surface area contributed by atoms with Crippen molar-refractivity contribution in [2.45, 2.75) is 51.5 Å². The Balaban J connectivity index is 1.48. The minimum absolute atomic E-state index is 0.0201. The quantitative estimate of drug-likeness (QED) is 0.904. The standard InChI is InChI=1S/C17H27N5O2/c1-12(15-20-18-11-21(15)2)19-16(23)13-7-9-22(10-8-13)17(24)14-5-3-4-6-14/h11-14H,3-10H2,1-2H3,(H,19,23). The lowest BCUT2D eigenvalue weighted by Gasteiger charge is -2.33. The minimum atomic E-state index is -0.164. The number of carbonyl (C=O) groups excluding carboxylic acids is 2. The van der Waals surface area contributed by atoms with Crippen LogP contribution in [0, 0.1) is 11.8 Å². The monoisotopic (exact) mass is 333 g/mol. The normalized spacial score (nSPS) is 21.0. The summed E-state index contributed by atoms with van der Waals surface area (Å²) in [5, 5.41) is 10.9. The number of rotatable bonds is 4. The first-order valence-electron chi connectivity index (χ1n) is 8.99. The number of hydrogen-bond acceptors (Lipinski definition) is 4. The van der Waals surface area contributed by atoms with Crippen LogP contribution in [-0.4, -0.2) is 44.6 Å². The van der Waals surface area contributed by atoms with Crippen LogP contribution in [0.15, 0.2) is 6.33 Å². The first kappa shape index (κ1) is 16.9. The summed E-state index contributed by atoms with van der Waals surface area (Å²) < 4.78 is 1.81. The fraction of sp³-hybridized carbons (Fsp3) is 0.765. The molecule has 1 atom stereocenters. The largest absolute Gasteiger partial charge is 0.346 e. The molecule has 7 heteroatoms. The van der Waals surface area contributed by atoms with E-state index in [4.69, 9.17) is 0 Å². The highest BCUT2D eigenvalue weighted by Crippen LogP contribution is 2.28. The molecular formula is C17H27N5O2. The molecule has 132 valence electrons. The van der Waals surface area contributed by atoms with E-state index in [-0.39, 0.29) is 23.8 Å². The van der Waals surface area contributed by atoms with Gasteiger partial charge < -0.3 is 14.8 Å². The second-order valence-corrected chi connectivity index (χ2v) is 7.11. The fourth-order valence-electron chi connectivity index (χ4n) is 3.87. The summed E-state index contributed by atoms with van der Waals surface area (Å²) in [6, 6.07) is -0.164. The number of carbonyl (C=O) groups is 2. The van der Waals surface area contributed by atoms with Gasteiger partial charge in [-0.1, -0.05) is 12.8 Å². The third kappa shape index (κ3) is 3.60. The SMILES string of the molecule is CC(NC(=O)C1CCN(C(=O)C2CCCC2)CC1)c1nncn1C. The van der Waals surface area contributed by atoms with Gasteiger partial charge in [0, 0.05) is 32.0 Å². The molecule has 7 nitrogen and oxygen atoms in total. The molecule has 1 aromatic rings. The summed E-state index contributed by atoms with van der Waals surface area (Å²) in [5.41, 5.74) is 0. The molecule has 1 N–H and O–H groups in total. The predicted molar refractivity (Wildman–Crippen MR) is 88.8 cm³/mol. The molecule has 24 heavy (non-hydrogen) atoms. The molecule has 2 heterocycles. The molecule has 0 aromatic carbocycles. The molecular weight excluding hydrogens is 306 g/mol. The molecule has 0 radical (unpaired) electrons. The van der Waals surface area contributed by atoms with Gasteiger partial charge in [-0.25, -0.2) is 0 Å². The van der Waals surface area contributed by atoms with Crippen molar-refractivity contribution in [3.63, 3.8) is 0 Å². The smallest absolute Gasteiger partial charge is 0.225 e. The molecule has 1 unspecified atom stereocenters. The van der Waals surface area contributed by atoms with E-state index in [0.29, 0.717) is 19.0 Å². The van der Waals surface area contributed by atoms with Crippen molar-refractivity contribution in [1.29, 1.82) is 0 Å². The third-order valence-electron chi connectivity index (χ3n) is 5.37. The molecule has 2 fully saturated rings. The van der Waals surface area contributed by atoms with Crippen LogP contribution in [0.25, 0.3) is 0 Å². The minimum Gasteiger partial charge on any atom is -0.346 e. The second-order valence-electron chi connectivity index (χ2n) is 7.11. The van der Waals surface area contributed by atoms with Gasteiger partial charge in [0.1, 0.15) is 6.33 Å². The average molecular weight is 333 g/mol. The van der Waals surface area contributed by atoms with Crippen molar-refractivity contribution < 1.29 is 9.59 Å². The summed E-state index contributed by atoms with van der Waals surface area (Å²) in [5.74, 6) is 1.31. The van der Waals surface area contributed by atoms with Gasteiger partial charge in [-0.3, -0.25) is 9.59 Å². The van der Waals surface area contributed by atoms with E-state index in [9.17, 15) is 9.59 Å². The Labute approximate surface area is 142 Å². The molecule has 2 aliphatic rings. The van der Waals surface area contributed by atoms with Gasteiger partial charge in [-0.2, -0.15) is 0 Å². The zero-order valence-corrected chi connectivity index (χ0v) is 14.6. The Kier molecular flexibility index (Phi) is 5.16. The number of nitrogens with one attached hydrogen (secondary N) is 1. The topological polar surface area (TPSA) is 80.1 Å². The van der Waals surface area contributed by atoms with Gasteiger partial charge in [0.25, 0.3) is 0 Å². The van der Waals surface area contributed by atoms with Gasteiger partial charge in [0.2, 0.25) is 11.8 Å². The Bertz CT molecular complexity index is 586. The maximum atomic E-state index is 12.5. The lowest BCUT2D eigenvalue weighted by molar-refractivity contribution is -0.139. The highest BCUT2D eigenvalue weighted by atomic mass is 16.2. The third-order valence-corrected chi connectivity index (χ3v) is 5.37. The summed E-state index contributed by atoms with van der Waals surface area (Å²) in [7, 11) is 1.87. The molecule has 1 saturated carbocycles. The lowest BCUT2D eigenvalue weighted by Crippen LogP contribution is -2.45. The van der Waals surface area contributed by atoms with Gasteiger partial charge in [-0.15, -0.1) is 10.2 Å². The zero-order valence-electron chi connectivity index (χ0n) is 14.6. The number of hydrogen-bond donors (Lipinski definition) is 1. The van der Waals surface area contributed by atoms with E-state index < -0.39 is 0 Å². The summed E-state index contributed by atoms with van der Waals surface area (Å²) >= 11 is 0. The van der Waals surface area contributed by atoms with Gasteiger partial charge in [-0.05, 0) is 32.6 Å². The summed E-state index contributed by atoms with van der Waals surface area (Å²) in [6.45, 7) is 3.32. The summed E-state index contributed by atoms with van der Waals surface area (Å²) in [4.78, 5) is 26.9. The van der Waals surface area contributed by atoms with Gasteiger partial charge in [0.05, 0.1) is 6.04 Å². The van der Waals surface area contributed by atoms with Crippen LogP contribution in [0.3, 0.4) is 0 Å². The van der Waals surface area contributed by atoms with Crippen LogP contribution in [-0.2, 0) is 16.6 Å². The van der Waals surface area contributed by atoms with Crippen LogP contribution < -0.4 is 5.32 Å². The summed E-state index contributed by atoms with van der Waals surface area (Å²) in [6.07, 6.45) is 7.55. The maximum absolute atomic E-state index is 12.5. The van der Waals surface area contributed by atoms with Crippen molar-refractivity contribution in [2.24, 2.45) is 18.9 Å². The molecule has 1 aromatic heterocycles. The van der Waals surface area contributed by atoms with E-state index in [1.165, 1.54) is 12.8 Å². The average Bonchev–Trinajstić information content (AvgIpc) is 3.25. The molecule has 0 bridgehead atoms. The molecule has 3 rings (SSSR count). The fourth-order valence-corrected chi connectivity index (χ4v) is 3.87. The predicted octanol–water partition coefficient (Wildman–Crippen LogP) is 1.42. The van der Waals surface area contributed by atoms with E-state index >= 15 is 0 Å². The van der Waals surface area contributed by atoms with Crippen LogP contribution in [0.2, 0.25) is 0 Å². The second kappa shape index (κ2) is 7.32.